The number of hydrogen-bond donors (Lipinski definition) is 0. The Balaban J connectivity index is 0.924. The zero-order valence-electron chi connectivity index (χ0n) is 36.6. The molecular formula is C62H45N3. The van der Waals surface area contributed by atoms with Crippen LogP contribution in [0.15, 0.2) is 218 Å². The number of hydrogen-bond acceptors (Lipinski definition) is 2. The first-order valence-electron chi connectivity index (χ1n) is 22.5. The van der Waals surface area contributed by atoms with E-state index in [4.69, 9.17) is 9.97 Å². The number of nitrogens with zero attached hydrogens (tertiary/aromatic N) is 3. The Hall–Kier alpha value is -8.14. The Labute approximate surface area is 379 Å². The van der Waals surface area contributed by atoms with E-state index in [2.05, 4.69) is 231 Å². The SMILES string of the molecule is CC(C)(C)c1ccc(-c2ccc3c4cccc5c6ccc(-c7cccc(-c8cccc(-c9nc(-c%10ccccc%10)cc(-c%10ccc(-c%11ccccc%11)cc%10)n9)c8)c7)cc6n(c3c2)c45)cc1. The van der Waals surface area contributed by atoms with Gasteiger partial charge in [-0.2, -0.15) is 0 Å². The summed E-state index contributed by atoms with van der Waals surface area (Å²) in [5.41, 5.74) is 19.5. The van der Waals surface area contributed by atoms with Crippen LogP contribution in [-0.2, 0) is 5.41 Å². The van der Waals surface area contributed by atoms with E-state index in [0.29, 0.717) is 5.82 Å². The van der Waals surface area contributed by atoms with Gasteiger partial charge in [0.15, 0.2) is 5.82 Å². The van der Waals surface area contributed by atoms with Gasteiger partial charge in [-0.1, -0.05) is 209 Å². The molecule has 0 radical (unpaired) electrons. The van der Waals surface area contributed by atoms with E-state index in [1.807, 2.05) is 12.1 Å². The molecule has 0 N–H and O–H groups in total. The summed E-state index contributed by atoms with van der Waals surface area (Å²) in [4.78, 5) is 10.4. The second-order valence-corrected chi connectivity index (χ2v) is 18.3. The molecule has 9 aromatic carbocycles. The van der Waals surface area contributed by atoms with Crippen molar-refractivity contribution in [2.24, 2.45) is 0 Å². The molecule has 3 heterocycles. The molecule has 308 valence electrons. The molecule has 12 rings (SSSR count). The second-order valence-electron chi connectivity index (χ2n) is 18.3. The summed E-state index contributed by atoms with van der Waals surface area (Å²) in [7, 11) is 0. The Morgan fingerprint density at radius 1 is 0.308 bits per heavy atom. The summed E-state index contributed by atoms with van der Waals surface area (Å²) >= 11 is 0. The predicted molar refractivity (Wildman–Crippen MR) is 273 cm³/mol. The van der Waals surface area contributed by atoms with Gasteiger partial charge in [-0.3, -0.25) is 0 Å². The van der Waals surface area contributed by atoms with Crippen molar-refractivity contribution >= 4 is 38.1 Å². The summed E-state index contributed by atoms with van der Waals surface area (Å²) in [5, 5.41) is 5.12. The topological polar surface area (TPSA) is 30.2 Å². The molecule has 0 saturated heterocycles. The predicted octanol–water partition coefficient (Wildman–Crippen LogP) is 16.6. The average Bonchev–Trinajstić information content (AvgIpc) is 3.88. The van der Waals surface area contributed by atoms with Gasteiger partial charge in [-0.05, 0) is 85.8 Å². The number of rotatable bonds is 7. The minimum absolute atomic E-state index is 0.113. The van der Waals surface area contributed by atoms with Crippen molar-refractivity contribution in [3.05, 3.63) is 224 Å². The maximum absolute atomic E-state index is 5.21. The molecule has 0 unspecified atom stereocenters. The zero-order valence-corrected chi connectivity index (χ0v) is 36.6. The average molecular weight is 832 g/mol. The van der Waals surface area contributed by atoms with Crippen molar-refractivity contribution in [1.29, 1.82) is 0 Å². The highest BCUT2D eigenvalue weighted by Crippen LogP contribution is 2.42. The molecule has 0 aliphatic rings. The lowest BCUT2D eigenvalue weighted by Gasteiger charge is -2.19. The maximum atomic E-state index is 5.21. The minimum atomic E-state index is 0.113. The van der Waals surface area contributed by atoms with Crippen LogP contribution < -0.4 is 0 Å². The Bertz CT molecular complexity index is 3710. The Morgan fingerprint density at radius 2 is 0.692 bits per heavy atom. The van der Waals surface area contributed by atoms with Gasteiger partial charge in [0.1, 0.15) is 0 Å². The fraction of sp³-hybridized carbons (Fsp3) is 0.0645. The summed E-state index contributed by atoms with van der Waals surface area (Å²) in [6.07, 6.45) is 0. The van der Waals surface area contributed by atoms with E-state index in [1.54, 1.807) is 0 Å². The molecule has 3 nitrogen and oxygen atoms in total. The van der Waals surface area contributed by atoms with E-state index in [1.165, 1.54) is 77.0 Å². The van der Waals surface area contributed by atoms with E-state index in [0.717, 1.165) is 39.2 Å². The van der Waals surface area contributed by atoms with Crippen LogP contribution in [0.1, 0.15) is 26.3 Å². The third kappa shape index (κ3) is 6.85. The number of benzene rings is 9. The Kier molecular flexibility index (Phi) is 9.06. The normalized spacial score (nSPS) is 11.9. The standard InChI is InChI=1S/C62H45N3/c1-62(2,3)51-31-27-42(28-32-51)48-29-33-52-54-21-12-22-55-53-34-30-49(38-59(53)65(60(54)55)58(52)37-48)46-18-10-17-45(35-46)47-19-11-20-50(36-47)61-63-56(43-15-8-5-9-16-43)39-57(64-61)44-25-23-41(24-26-44)40-13-6-4-7-14-40/h4-39H,1-3H3. The maximum Gasteiger partial charge on any atom is 0.160 e. The van der Waals surface area contributed by atoms with Gasteiger partial charge in [0.2, 0.25) is 0 Å². The van der Waals surface area contributed by atoms with Crippen LogP contribution in [-0.4, -0.2) is 14.4 Å². The first-order valence-corrected chi connectivity index (χ1v) is 22.5. The molecule has 12 aromatic rings. The number of aromatic nitrogens is 3. The van der Waals surface area contributed by atoms with Crippen LogP contribution in [0.25, 0.3) is 117 Å². The first-order chi connectivity index (χ1) is 31.8. The molecule has 0 amide bonds. The summed E-state index contributed by atoms with van der Waals surface area (Å²) in [6, 6.07) is 79.0. The number of para-hydroxylation sites is 1. The largest absolute Gasteiger partial charge is 0.308 e. The quantitative estimate of drug-likeness (QED) is 0.160. The van der Waals surface area contributed by atoms with Crippen molar-refractivity contribution in [1.82, 2.24) is 14.4 Å². The molecule has 0 atom stereocenters. The first kappa shape index (κ1) is 38.5. The van der Waals surface area contributed by atoms with Gasteiger partial charge in [0.25, 0.3) is 0 Å². The van der Waals surface area contributed by atoms with Crippen LogP contribution in [0.5, 0.6) is 0 Å². The molecule has 65 heavy (non-hydrogen) atoms. The van der Waals surface area contributed by atoms with E-state index < -0.39 is 0 Å². The van der Waals surface area contributed by atoms with Crippen LogP contribution in [0.4, 0.5) is 0 Å². The van der Waals surface area contributed by atoms with Crippen molar-refractivity contribution in [2.75, 3.05) is 0 Å². The minimum Gasteiger partial charge on any atom is -0.308 e. The summed E-state index contributed by atoms with van der Waals surface area (Å²) < 4.78 is 2.49. The number of fused-ring (bicyclic) bond motifs is 6. The van der Waals surface area contributed by atoms with E-state index >= 15 is 0 Å². The lowest BCUT2D eigenvalue weighted by Crippen LogP contribution is -2.10. The van der Waals surface area contributed by atoms with Gasteiger partial charge in [0.05, 0.1) is 27.9 Å². The van der Waals surface area contributed by atoms with Crippen molar-refractivity contribution < 1.29 is 0 Å². The van der Waals surface area contributed by atoms with Gasteiger partial charge in [-0.15, -0.1) is 0 Å². The smallest absolute Gasteiger partial charge is 0.160 e. The van der Waals surface area contributed by atoms with Crippen molar-refractivity contribution in [3.8, 4) is 78.4 Å². The van der Waals surface area contributed by atoms with E-state index in [9.17, 15) is 0 Å². The Morgan fingerprint density at radius 3 is 1.26 bits per heavy atom. The molecular weight excluding hydrogens is 787 g/mol. The molecule has 0 saturated carbocycles. The highest BCUT2D eigenvalue weighted by Gasteiger charge is 2.20. The molecule has 0 bridgehead atoms. The summed E-state index contributed by atoms with van der Waals surface area (Å²) in [6.45, 7) is 6.80. The van der Waals surface area contributed by atoms with Gasteiger partial charge in [0, 0.05) is 38.2 Å². The van der Waals surface area contributed by atoms with Crippen LogP contribution >= 0.6 is 0 Å². The fourth-order valence-electron chi connectivity index (χ4n) is 9.66. The van der Waals surface area contributed by atoms with E-state index in [-0.39, 0.29) is 5.41 Å². The monoisotopic (exact) mass is 831 g/mol. The summed E-state index contributed by atoms with van der Waals surface area (Å²) in [5.74, 6) is 0.694. The molecule has 0 spiro atoms. The zero-order chi connectivity index (χ0) is 43.6. The van der Waals surface area contributed by atoms with Gasteiger partial charge in [-0.25, -0.2) is 9.97 Å². The van der Waals surface area contributed by atoms with Crippen LogP contribution in [0.2, 0.25) is 0 Å². The third-order valence-corrected chi connectivity index (χ3v) is 13.1. The van der Waals surface area contributed by atoms with Crippen molar-refractivity contribution in [3.63, 3.8) is 0 Å². The lowest BCUT2D eigenvalue weighted by molar-refractivity contribution is 0.590. The second kappa shape index (κ2) is 15.3. The fourth-order valence-corrected chi connectivity index (χ4v) is 9.66. The van der Waals surface area contributed by atoms with Crippen LogP contribution in [0, 0.1) is 0 Å². The highest BCUT2D eigenvalue weighted by atomic mass is 14.9. The molecule has 0 aliphatic carbocycles. The third-order valence-electron chi connectivity index (χ3n) is 13.1. The highest BCUT2D eigenvalue weighted by molar-refractivity contribution is 6.23. The van der Waals surface area contributed by atoms with Crippen molar-refractivity contribution in [2.45, 2.75) is 26.2 Å². The molecule has 3 heteroatoms. The lowest BCUT2D eigenvalue weighted by atomic mass is 9.86. The van der Waals surface area contributed by atoms with Gasteiger partial charge >= 0.3 is 0 Å². The molecule has 0 aliphatic heterocycles. The molecule has 3 aromatic heterocycles. The van der Waals surface area contributed by atoms with Crippen LogP contribution in [0.3, 0.4) is 0 Å². The van der Waals surface area contributed by atoms with Gasteiger partial charge < -0.3 is 4.40 Å². The molecule has 0 fully saturated rings.